The first-order valence-corrected chi connectivity index (χ1v) is 10.7. The molecule has 0 unspecified atom stereocenters. The monoisotopic (exact) mass is 446 g/mol. The number of aromatic nitrogens is 3. The van der Waals surface area contributed by atoms with Gasteiger partial charge in [0.05, 0.1) is 12.9 Å². The fraction of sp³-hybridized carbons (Fsp3) is 0.200. The summed E-state index contributed by atoms with van der Waals surface area (Å²) in [5.41, 5.74) is 1.45. The fourth-order valence-corrected chi connectivity index (χ4v) is 4.46. The molecule has 0 radical (unpaired) electrons. The molecule has 2 aromatic heterocycles. The quantitative estimate of drug-likeness (QED) is 0.318. The first-order valence-electron chi connectivity index (χ1n) is 8.83. The molecule has 7 nitrogen and oxygen atoms in total. The van der Waals surface area contributed by atoms with Gasteiger partial charge in [-0.05, 0) is 24.6 Å². The minimum atomic E-state index is -0.583. The zero-order chi connectivity index (χ0) is 21.7. The van der Waals surface area contributed by atoms with Gasteiger partial charge in [-0.1, -0.05) is 30.0 Å². The number of benzene rings is 1. The Hall–Kier alpha value is -2.98. The van der Waals surface area contributed by atoms with E-state index in [2.05, 4.69) is 22.1 Å². The van der Waals surface area contributed by atoms with Crippen LogP contribution in [-0.2, 0) is 16.1 Å². The maximum Gasteiger partial charge on any atom is 0.341 e. The van der Waals surface area contributed by atoms with Crippen molar-refractivity contribution in [3.63, 3.8) is 0 Å². The number of halogens is 1. The molecule has 30 heavy (non-hydrogen) atoms. The van der Waals surface area contributed by atoms with Crippen LogP contribution < -0.4 is 5.32 Å². The lowest BCUT2D eigenvalue weighted by Crippen LogP contribution is -2.16. The third-order valence-corrected chi connectivity index (χ3v) is 6.00. The van der Waals surface area contributed by atoms with Crippen molar-refractivity contribution in [1.82, 2.24) is 14.8 Å². The largest absolute Gasteiger partial charge is 0.465 e. The van der Waals surface area contributed by atoms with Crippen molar-refractivity contribution in [3.05, 3.63) is 59.5 Å². The van der Waals surface area contributed by atoms with Crippen molar-refractivity contribution in [2.75, 3.05) is 18.2 Å². The second-order valence-electron chi connectivity index (χ2n) is 6.12. The van der Waals surface area contributed by atoms with Gasteiger partial charge in [-0.3, -0.25) is 4.79 Å². The molecular formula is C20H19FN4O3S2. The van der Waals surface area contributed by atoms with E-state index < -0.39 is 5.97 Å². The number of hydrogen-bond acceptors (Lipinski definition) is 7. The molecule has 2 heterocycles. The second kappa shape index (κ2) is 9.68. The predicted molar refractivity (Wildman–Crippen MR) is 115 cm³/mol. The normalized spacial score (nSPS) is 10.6. The van der Waals surface area contributed by atoms with Crippen LogP contribution in [0.3, 0.4) is 0 Å². The van der Waals surface area contributed by atoms with E-state index in [0.717, 1.165) is 5.82 Å². The lowest BCUT2D eigenvalue weighted by atomic mass is 10.0. The number of rotatable bonds is 8. The van der Waals surface area contributed by atoms with Gasteiger partial charge < -0.3 is 14.6 Å². The van der Waals surface area contributed by atoms with Crippen molar-refractivity contribution in [2.24, 2.45) is 0 Å². The molecule has 1 amide bonds. The van der Waals surface area contributed by atoms with Crippen molar-refractivity contribution >= 4 is 40.0 Å². The number of nitrogens with zero attached hydrogens (tertiary/aromatic N) is 3. The van der Waals surface area contributed by atoms with Gasteiger partial charge in [0.2, 0.25) is 5.91 Å². The van der Waals surface area contributed by atoms with Crippen LogP contribution >= 0.6 is 23.1 Å². The maximum atomic E-state index is 13.2. The Kier molecular flexibility index (Phi) is 7.01. The minimum absolute atomic E-state index is 0.0830. The molecule has 1 aromatic carbocycles. The molecule has 0 fully saturated rings. The highest BCUT2D eigenvalue weighted by Gasteiger charge is 2.22. The molecule has 0 spiro atoms. The van der Waals surface area contributed by atoms with Crippen molar-refractivity contribution < 1.29 is 18.7 Å². The number of thiophene rings is 1. The molecule has 10 heteroatoms. The van der Waals surface area contributed by atoms with E-state index in [1.54, 1.807) is 23.6 Å². The smallest absolute Gasteiger partial charge is 0.341 e. The second-order valence-corrected chi connectivity index (χ2v) is 7.94. The van der Waals surface area contributed by atoms with Gasteiger partial charge in [-0.15, -0.1) is 28.1 Å². The summed E-state index contributed by atoms with van der Waals surface area (Å²) >= 11 is 2.44. The van der Waals surface area contributed by atoms with Crippen LogP contribution in [0.4, 0.5) is 9.39 Å². The highest BCUT2D eigenvalue weighted by Crippen LogP contribution is 2.36. The number of thioether (sulfide) groups is 1. The molecule has 3 aromatic rings. The van der Waals surface area contributed by atoms with E-state index in [1.807, 2.05) is 11.5 Å². The standard InChI is InChI=1S/C20H19FN4O3S2/c1-4-9-25-12(2)23-24-20(25)30-11-16(26)22-18-17(19(27)28-3)15(10-29-18)13-5-7-14(21)8-6-13/h4-8,10H,1,9,11H2,2-3H3,(H,22,26). The summed E-state index contributed by atoms with van der Waals surface area (Å²) in [7, 11) is 1.27. The molecule has 0 atom stereocenters. The van der Waals surface area contributed by atoms with Crippen LogP contribution in [0.1, 0.15) is 16.2 Å². The Bertz CT molecular complexity index is 1080. The average Bonchev–Trinajstić information content (AvgIpc) is 3.30. The number of allylic oxidation sites excluding steroid dienone is 1. The van der Waals surface area contributed by atoms with E-state index >= 15 is 0 Å². The van der Waals surface area contributed by atoms with Gasteiger partial charge in [-0.25, -0.2) is 9.18 Å². The molecule has 0 saturated carbocycles. The topological polar surface area (TPSA) is 86.1 Å². The SMILES string of the molecule is C=CCn1c(C)nnc1SCC(=O)Nc1scc(-c2ccc(F)cc2)c1C(=O)OC. The lowest BCUT2D eigenvalue weighted by Gasteiger charge is -2.08. The molecule has 156 valence electrons. The number of hydrogen-bond donors (Lipinski definition) is 1. The highest BCUT2D eigenvalue weighted by atomic mass is 32.2. The summed E-state index contributed by atoms with van der Waals surface area (Å²) in [5, 5.41) is 13.6. The Labute approximate surface area is 181 Å². The number of amides is 1. The summed E-state index contributed by atoms with van der Waals surface area (Å²) in [6.07, 6.45) is 1.73. The van der Waals surface area contributed by atoms with Crippen LogP contribution in [0.2, 0.25) is 0 Å². The van der Waals surface area contributed by atoms with Gasteiger partial charge >= 0.3 is 5.97 Å². The van der Waals surface area contributed by atoms with Crippen LogP contribution in [0.15, 0.2) is 47.5 Å². The summed E-state index contributed by atoms with van der Waals surface area (Å²) in [6, 6.07) is 5.76. The van der Waals surface area contributed by atoms with Crippen LogP contribution in [0.5, 0.6) is 0 Å². The Morgan fingerprint density at radius 3 is 2.73 bits per heavy atom. The summed E-state index contributed by atoms with van der Waals surface area (Å²) in [4.78, 5) is 24.9. The Balaban J connectivity index is 1.77. The molecule has 1 N–H and O–H groups in total. The molecular weight excluding hydrogens is 427 g/mol. The first kappa shape index (κ1) is 21.7. The van der Waals surface area contributed by atoms with E-state index in [0.29, 0.717) is 27.8 Å². The van der Waals surface area contributed by atoms with Crippen LogP contribution in [0, 0.1) is 12.7 Å². The van der Waals surface area contributed by atoms with E-state index in [9.17, 15) is 14.0 Å². The molecule has 0 aliphatic heterocycles. The van der Waals surface area contributed by atoms with Gasteiger partial charge in [0, 0.05) is 17.5 Å². The van der Waals surface area contributed by atoms with Gasteiger partial charge in [0.1, 0.15) is 22.2 Å². The summed E-state index contributed by atoms with van der Waals surface area (Å²) < 4.78 is 20.0. The predicted octanol–water partition coefficient (Wildman–Crippen LogP) is 4.16. The van der Waals surface area contributed by atoms with Crippen LogP contribution in [0.25, 0.3) is 11.1 Å². The Morgan fingerprint density at radius 2 is 2.07 bits per heavy atom. The fourth-order valence-electron chi connectivity index (χ4n) is 2.70. The van der Waals surface area contributed by atoms with Gasteiger partial charge in [0.15, 0.2) is 5.16 Å². The summed E-state index contributed by atoms with van der Waals surface area (Å²) in [6.45, 7) is 6.08. The van der Waals surface area contributed by atoms with Crippen molar-refractivity contribution in [1.29, 1.82) is 0 Å². The zero-order valence-corrected chi connectivity index (χ0v) is 18.0. The highest BCUT2D eigenvalue weighted by molar-refractivity contribution is 7.99. The van der Waals surface area contributed by atoms with Crippen molar-refractivity contribution in [2.45, 2.75) is 18.6 Å². The molecule has 0 bridgehead atoms. The molecule has 0 saturated heterocycles. The zero-order valence-electron chi connectivity index (χ0n) is 16.3. The average molecular weight is 447 g/mol. The maximum absolute atomic E-state index is 13.2. The molecule has 0 aliphatic rings. The number of methoxy groups -OCH3 is 1. The van der Waals surface area contributed by atoms with E-state index in [-0.39, 0.29) is 23.0 Å². The number of aryl methyl sites for hydroxylation is 1. The van der Waals surface area contributed by atoms with E-state index in [4.69, 9.17) is 4.74 Å². The Morgan fingerprint density at radius 1 is 1.33 bits per heavy atom. The van der Waals surface area contributed by atoms with Crippen molar-refractivity contribution in [3.8, 4) is 11.1 Å². The first-order chi connectivity index (χ1) is 14.4. The number of ether oxygens (including phenoxy) is 1. The lowest BCUT2D eigenvalue weighted by molar-refractivity contribution is -0.113. The number of esters is 1. The van der Waals surface area contributed by atoms with Crippen LogP contribution in [-0.4, -0.2) is 39.5 Å². The third-order valence-electron chi connectivity index (χ3n) is 4.13. The number of nitrogens with one attached hydrogen (secondary N) is 1. The molecule has 0 aliphatic carbocycles. The number of anilines is 1. The number of carbonyl (C=O) groups excluding carboxylic acids is 2. The van der Waals surface area contributed by atoms with Gasteiger partial charge in [-0.2, -0.15) is 0 Å². The van der Waals surface area contributed by atoms with Gasteiger partial charge in [0.25, 0.3) is 0 Å². The minimum Gasteiger partial charge on any atom is -0.465 e. The summed E-state index contributed by atoms with van der Waals surface area (Å²) in [5.74, 6) is -0.449. The third kappa shape index (κ3) is 4.77. The molecule has 3 rings (SSSR count). The number of carbonyl (C=O) groups is 2. The van der Waals surface area contributed by atoms with E-state index in [1.165, 1.54) is 42.3 Å².